The van der Waals surface area contributed by atoms with Crippen molar-refractivity contribution in [3.8, 4) is 0 Å². The average Bonchev–Trinajstić information content (AvgIpc) is 1.79. The van der Waals surface area contributed by atoms with E-state index in [1.807, 2.05) is 0 Å². The fourth-order valence-corrected chi connectivity index (χ4v) is 1.68. The van der Waals surface area contributed by atoms with Gasteiger partial charge < -0.3 is 5.11 Å². The zero-order chi connectivity index (χ0) is 11.6. The molecule has 0 saturated heterocycles. The molecule has 0 aromatic carbocycles. The lowest BCUT2D eigenvalue weighted by Gasteiger charge is -2.28. The van der Waals surface area contributed by atoms with Crippen molar-refractivity contribution >= 4 is 5.97 Å². The van der Waals surface area contributed by atoms with E-state index in [4.69, 9.17) is 5.11 Å². The van der Waals surface area contributed by atoms with Crippen LogP contribution in [0.4, 0.5) is 0 Å². The van der Waals surface area contributed by atoms with Crippen LogP contribution in [0.5, 0.6) is 0 Å². The lowest BCUT2D eigenvalue weighted by molar-refractivity contribution is -0.496. The van der Waals surface area contributed by atoms with Crippen molar-refractivity contribution in [1.82, 2.24) is 0 Å². The third-order valence-corrected chi connectivity index (χ3v) is 2.06. The number of carbonyl (C=O) groups is 1. The van der Waals surface area contributed by atoms with Gasteiger partial charge >= 0.3 is 5.97 Å². The van der Waals surface area contributed by atoms with Crippen LogP contribution in [0, 0.1) is 20.9 Å². The first kappa shape index (κ1) is 12.9. The second-order valence-electron chi connectivity index (χ2n) is 5.02. The van der Waals surface area contributed by atoms with Crippen LogP contribution in [0.15, 0.2) is 0 Å². The highest BCUT2D eigenvalue weighted by Gasteiger charge is 2.37. The smallest absolute Gasteiger partial charge is 0.309 e. The highest BCUT2D eigenvalue weighted by atomic mass is 16.6. The highest BCUT2D eigenvalue weighted by molar-refractivity contribution is 5.73. The van der Waals surface area contributed by atoms with E-state index in [2.05, 4.69) is 0 Å². The number of nitro groups is 1. The molecule has 0 aromatic heterocycles. The Labute approximate surface area is 83.3 Å². The van der Waals surface area contributed by atoms with Gasteiger partial charge in [-0.3, -0.25) is 14.9 Å². The zero-order valence-corrected chi connectivity index (χ0v) is 9.03. The molecule has 0 aliphatic heterocycles. The molecule has 82 valence electrons. The van der Waals surface area contributed by atoms with Crippen molar-refractivity contribution in [2.24, 2.45) is 10.8 Å². The van der Waals surface area contributed by atoms with Gasteiger partial charge in [-0.2, -0.15) is 0 Å². The van der Waals surface area contributed by atoms with E-state index in [1.54, 1.807) is 27.7 Å². The number of hydrogen-bond donors (Lipinski definition) is 1. The Morgan fingerprint density at radius 3 is 2.07 bits per heavy atom. The summed E-state index contributed by atoms with van der Waals surface area (Å²) in [5, 5.41) is 19.2. The minimum absolute atomic E-state index is 0.205. The molecule has 0 radical (unpaired) electrons. The summed E-state index contributed by atoms with van der Waals surface area (Å²) in [4.78, 5) is 20.7. The predicted molar refractivity (Wildman–Crippen MR) is 51.7 cm³/mol. The fraction of sp³-hybridized carbons (Fsp3) is 0.889. The SMILES string of the molecule is CC(C)(C[N+](=O)[O-])CC(C)(C)C(=O)O. The second-order valence-corrected chi connectivity index (χ2v) is 5.02. The predicted octanol–water partition coefficient (Wildman–Crippen LogP) is 1.79. The minimum Gasteiger partial charge on any atom is -0.481 e. The van der Waals surface area contributed by atoms with Gasteiger partial charge in [0.1, 0.15) is 0 Å². The van der Waals surface area contributed by atoms with E-state index >= 15 is 0 Å². The van der Waals surface area contributed by atoms with Gasteiger partial charge in [-0.15, -0.1) is 0 Å². The third kappa shape index (κ3) is 4.20. The van der Waals surface area contributed by atoms with Crippen molar-refractivity contribution in [2.45, 2.75) is 34.1 Å². The molecule has 5 nitrogen and oxygen atoms in total. The van der Waals surface area contributed by atoms with Crippen LogP contribution < -0.4 is 0 Å². The first-order valence-corrected chi connectivity index (χ1v) is 4.42. The van der Waals surface area contributed by atoms with Gasteiger partial charge in [0.05, 0.1) is 5.41 Å². The number of aliphatic carboxylic acids is 1. The van der Waals surface area contributed by atoms with Crippen LogP contribution in [0.25, 0.3) is 0 Å². The molecule has 0 aliphatic rings. The summed E-state index contributed by atoms with van der Waals surface area (Å²) in [7, 11) is 0. The van der Waals surface area contributed by atoms with Crippen LogP contribution in [0.1, 0.15) is 34.1 Å². The number of carboxylic acids is 1. The molecule has 0 spiro atoms. The van der Waals surface area contributed by atoms with Gasteiger partial charge in [-0.25, -0.2) is 0 Å². The largest absolute Gasteiger partial charge is 0.481 e. The lowest BCUT2D eigenvalue weighted by Crippen LogP contribution is -2.34. The van der Waals surface area contributed by atoms with Gasteiger partial charge in [-0.05, 0) is 20.3 Å². The molecule has 0 amide bonds. The van der Waals surface area contributed by atoms with E-state index < -0.39 is 21.7 Å². The number of nitrogens with zero attached hydrogens (tertiary/aromatic N) is 1. The molecule has 0 aromatic rings. The fourth-order valence-electron chi connectivity index (χ4n) is 1.68. The van der Waals surface area contributed by atoms with E-state index in [0.717, 1.165) is 0 Å². The van der Waals surface area contributed by atoms with Gasteiger partial charge in [0, 0.05) is 10.3 Å². The molecule has 5 heteroatoms. The van der Waals surface area contributed by atoms with E-state index in [0.29, 0.717) is 0 Å². The minimum atomic E-state index is -0.922. The summed E-state index contributed by atoms with van der Waals surface area (Å²) in [5.41, 5.74) is -1.51. The zero-order valence-electron chi connectivity index (χ0n) is 9.03. The summed E-state index contributed by atoms with van der Waals surface area (Å²) in [5.74, 6) is -0.922. The summed E-state index contributed by atoms with van der Waals surface area (Å²) in [6.07, 6.45) is 0.288. The van der Waals surface area contributed by atoms with Gasteiger partial charge in [0.15, 0.2) is 0 Å². The van der Waals surface area contributed by atoms with E-state index in [9.17, 15) is 14.9 Å². The van der Waals surface area contributed by atoms with Crippen molar-refractivity contribution in [3.05, 3.63) is 10.1 Å². The first-order chi connectivity index (χ1) is 6.07. The normalized spacial score (nSPS) is 12.6. The van der Waals surface area contributed by atoms with Gasteiger partial charge in [0.2, 0.25) is 6.54 Å². The molecule has 0 heterocycles. The molecular formula is C9H17NO4. The van der Waals surface area contributed by atoms with Crippen molar-refractivity contribution < 1.29 is 14.8 Å². The Kier molecular flexibility index (Phi) is 3.62. The maximum absolute atomic E-state index is 10.8. The van der Waals surface area contributed by atoms with Crippen LogP contribution in [-0.2, 0) is 4.79 Å². The maximum atomic E-state index is 10.8. The Hall–Kier alpha value is -1.13. The Balaban J connectivity index is 4.49. The molecule has 14 heavy (non-hydrogen) atoms. The summed E-state index contributed by atoms with van der Waals surface area (Å²) in [6.45, 7) is 6.37. The topological polar surface area (TPSA) is 80.4 Å². The first-order valence-electron chi connectivity index (χ1n) is 4.42. The lowest BCUT2D eigenvalue weighted by atomic mass is 9.75. The van der Waals surface area contributed by atoms with Gasteiger partial charge in [0.25, 0.3) is 0 Å². The Morgan fingerprint density at radius 2 is 1.79 bits per heavy atom. The summed E-state index contributed by atoms with van der Waals surface area (Å²) < 4.78 is 0. The number of hydrogen-bond acceptors (Lipinski definition) is 3. The molecule has 0 saturated carbocycles. The standard InChI is InChI=1S/C9H17NO4/c1-8(2,6-10(13)14)5-9(3,4)7(11)12/h5-6H2,1-4H3,(H,11,12). The molecule has 0 rings (SSSR count). The van der Waals surface area contributed by atoms with Crippen LogP contribution in [0.2, 0.25) is 0 Å². The summed E-state index contributed by atoms with van der Waals surface area (Å²) in [6, 6.07) is 0. The molecule has 0 fully saturated rings. The maximum Gasteiger partial charge on any atom is 0.309 e. The Morgan fingerprint density at radius 1 is 1.36 bits per heavy atom. The Bertz CT molecular complexity index is 245. The molecule has 0 unspecified atom stereocenters. The van der Waals surface area contributed by atoms with Gasteiger partial charge in [-0.1, -0.05) is 13.8 Å². The monoisotopic (exact) mass is 203 g/mol. The molecule has 0 bridgehead atoms. The quantitative estimate of drug-likeness (QED) is 0.545. The molecular weight excluding hydrogens is 186 g/mol. The number of rotatable bonds is 5. The second kappa shape index (κ2) is 3.94. The van der Waals surface area contributed by atoms with Crippen LogP contribution in [-0.4, -0.2) is 22.5 Å². The molecule has 0 atom stereocenters. The third-order valence-electron chi connectivity index (χ3n) is 2.06. The van der Waals surface area contributed by atoms with Crippen molar-refractivity contribution in [3.63, 3.8) is 0 Å². The van der Waals surface area contributed by atoms with E-state index in [1.165, 1.54) is 0 Å². The van der Waals surface area contributed by atoms with E-state index in [-0.39, 0.29) is 13.0 Å². The molecule has 1 N–H and O–H groups in total. The van der Waals surface area contributed by atoms with Crippen LogP contribution in [0.3, 0.4) is 0 Å². The highest BCUT2D eigenvalue weighted by Crippen LogP contribution is 2.33. The summed E-state index contributed by atoms with van der Waals surface area (Å²) >= 11 is 0. The molecule has 0 aliphatic carbocycles. The van der Waals surface area contributed by atoms with Crippen molar-refractivity contribution in [2.75, 3.05) is 6.54 Å². The van der Waals surface area contributed by atoms with Crippen molar-refractivity contribution in [1.29, 1.82) is 0 Å². The average molecular weight is 203 g/mol. The van der Waals surface area contributed by atoms with Crippen LogP contribution >= 0.6 is 0 Å². The number of carboxylic acid groups (broad SMARTS) is 1.